The Morgan fingerprint density at radius 1 is 1.23 bits per heavy atom. The van der Waals surface area contributed by atoms with Gasteiger partial charge in [-0.25, -0.2) is 0 Å². The minimum atomic E-state index is -0.610. The van der Waals surface area contributed by atoms with Crippen LogP contribution >= 0.6 is 0 Å². The number of benzene rings is 2. The van der Waals surface area contributed by atoms with Crippen molar-refractivity contribution in [1.29, 1.82) is 5.26 Å². The number of carbonyl (C=O) groups excluding carboxylic acids is 1. The van der Waals surface area contributed by atoms with Crippen LogP contribution in [0.3, 0.4) is 0 Å². The highest BCUT2D eigenvalue weighted by Gasteiger charge is 2.52. The summed E-state index contributed by atoms with van der Waals surface area (Å²) in [5, 5.41) is 19.5. The number of aliphatic hydroxyl groups excluding tert-OH is 1. The van der Waals surface area contributed by atoms with Gasteiger partial charge in [-0.1, -0.05) is 54.1 Å². The summed E-state index contributed by atoms with van der Waals surface area (Å²) < 4.78 is 4.91. The van der Waals surface area contributed by atoms with Crippen LogP contribution in [0.5, 0.6) is 0 Å². The molecule has 1 amide bonds. The Kier molecular flexibility index (Phi) is 5.36. The third kappa shape index (κ3) is 3.10. The average Bonchev–Trinajstić information content (AvgIpc) is 2.63. The van der Waals surface area contributed by atoms with Crippen molar-refractivity contribution in [2.24, 2.45) is 0 Å². The summed E-state index contributed by atoms with van der Waals surface area (Å²) in [5.41, 5.74) is 4.23. The van der Waals surface area contributed by atoms with Gasteiger partial charge in [-0.05, 0) is 23.6 Å². The fourth-order valence-electron chi connectivity index (χ4n) is 3.70. The summed E-state index contributed by atoms with van der Waals surface area (Å²) in [7, 11) is 1.44. The zero-order valence-corrected chi connectivity index (χ0v) is 14.9. The third-order valence-electron chi connectivity index (χ3n) is 4.97. The number of nitriles is 1. The molecule has 2 aromatic rings. The van der Waals surface area contributed by atoms with Gasteiger partial charge in [0.05, 0.1) is 18.7 Å². The van der Waals surface area contributed by atoms with Crippen LogP contribution in [0.15, 0.2) is 48.5 Å². The van der Waals surface area contributed by atoms with Crippen LogP contribution in [0, 0.1) is 18.3 Å². The highest BCUT2D eigenvalue weighted by molar-refractivity contribution is 5.81. The molecule has 2 aromatic carbocycles. The molecule has 1 aliphatic rings. The van der Waals surface area contributed by atoms with Gasteiger partial charge in [-0.3, -0.25) is 4.79 Å². The molecule has 1 fully saturated rings. The molecule has 0 spiro atoms. The normalized spacial score (nSPS) is 21.8. The summed E-state index contributed by atoms with van der Waals surface area (Å²) in [6, 6.07) is 17.3. The molecule has 0 radical (unpaired) electrons. The second-order valence-corrected chi connectivity index (χ2v) is 6.54. The van der Waals surface area contributed by atoms with E-state index in [1.165, 1.54) is 17.6 Å². The number of nitrogens with zero attached hydrogens (tertiary/aromatic N) is 2. The molecule has 0 aliphatic carbocycles. The zero-order valence-electron chi connectivity index (χ0n) is 14.9. The van der Waals surface area contributed by atoms with Crippen LogP contribution in [-0.2, 0) is 9.53 Å². The molecule has 0 unspecified atom stereocenters. The first kappa shape index (κ1) is 18.1. The summed E-state index contributed by atoms with van der Waals surface area (Å²) in [6.45, 7) is 1.75. The first-order valence-electron chi connectivity index (χ1n) is 8.59. The van der Waals surface area contributed by atoms with E-state index in [4.69, 9.17) is 4.74 Å². The SMILES string of the molecule is COCC(=O)N1[C@H](C#N)[C@H](c2ccccc2-c2ccc(C)cc2)[C@@H]1CO. The van der Waals surface area contributed by atoms with Gasteiger partial charge in [0, 0.05) is 13.0 Å². The molecule has 26 heavy (non-hydrogen) atoms. The van der Waals surface area contributed by atoms with Crippen molar-refractivity contribution in [1.82, 2.24) is 4.90 Å². The van der Waals surface area contributed by atoms with Gasteiger partial charge in [-0.15, -0.1) is 0 Å². The van der Waals surface area contributed by atoms with E-state index in [0.717, 1.165) is 16.7 Å². The summed E-state index contributed by atoms with van der Waals surface area (Å²) >= 11 is 0. The fraction of sp³-hybridized carbons (Fsp3) is 0.333. The van der Waals surface area contributed by atoms with Gasteiger partial charge < -0.3 is 14.7 Å². The number of aliphatic hydroxyl groups is 1. The molecular weight excluding hydrogens is 328 g/mol. The molecule has 0 bridgehead atoms. The number of methoxy groups -OCH3 is 1. The molecule has 0 saturated carbocycles. The highest BCUT2D eigenvalue weighted by Crippen LogP contribution is 2.44. The molecule has 1 aliphatic heterocycles. The maximum Gasteiger partial charge on any atom is 0.249 e. The lowest BCUT2D eigenvalue weighted by Gasteiger charge is -2.52. The van der Waals surface area contributed by atoms with Crippen LogP contribution in [0.2, 0.25) is 0 Å². The van der Waals surface area contributed by atoms with E-state index in [1.807, 2.05) is 43.3 Å². The number of hydrogen-bond acceptors (Lipinski definition) is 4. The predicted molar refractivity (Wildman–Crippen MR) is 98.4 cm³/mol. The Morgan fingerprint density at radius 3 is 2.54 bits per heavy atom. The lowest BCUT2D eigenvalue weighted by atomic mass is 9.73. The van der Waals surface area contributed by atoms with Crippen molar-refractivity contribution in [2.75, 3.05) is 20.3 Å². The molecule has 5 heteroatoms. The minimum Gasteiger partial charge on any atom is -0.394 e. The molecular formula is C21H22N2O3. The maximum atomic E-state index is 12.3. The molecule has 5 nitrogen and oxygen atoms in total. The molecule has 0 aromatic heterocycles. The van der Waals surface area contributed by atoms with Crippen LogP contribution in [-0.4, -0.2) is 48.3 Å². The van der Waals surface area contributed by atoms with Crippen molar-refractivity contribution >= 4 is 5.91 Å². The van der Waals surface area contributed by atoms with Crippen molar-refractivity contribution in [3.8, 4) is 17.2 Å². The van der Waals surface area contributed by atoms with Crippen molar-refractivity contribution in [3.63, 3.8) is 0 Å². The maximum absolute atomic E-state index is 12.3. The molecule has 1 heterocycles. The topological polar surface area (TPSA) is 73.6 Å². The molecule has 3 rings (SSSR count). The smallest absolute Gasteiger partial charge is 0.249 e. The van der Waals surface area contributed by atoms with Crippen LogP contribution < -0.4 is 0 Å². The second kappa shape index (κ2) is 7.69. The second-order valence-electron chi connectivity index (χ2n) is 6.54. The van der Waals surface area contributed by atoms with Crippen LogP contribution in [0.25, 0.3) is 11.1 Å². The Bertz CT molecular complexity index is 826. The number of rotatable bonds is 5. The molecule has 1 saturated heterocycles. The van der Waals surface area contributed by atoms with E-state index in [-0.39, 0.29) is 25.0 Å². The summed E-state index contributed by atoms with van der Waals surface area (Å²) in [4.78, 5) is 13.7. The summed E-state index contributed by atoms with van der Waals surface area (Å²) in [6.07, 6.45) is 0. The Labute approximate surface area is 153 Å². The van der Waals surface area contributed by atoms with Gasteiger partial charge in [0.15, 0.2) is 0 Å². The van der Waals surface area contributed by atoms with E-state index in [1.54, 1.807) is 0 Å². The number of amides is 1. The number of ether oxygens (including phenoxy) is 1. The standard InChI is InChI=1S/C21H22N2O3/c1-14-7-9-15(10-8-14)16-5-3-4-6-17(16)21-18(11-22)23(19(21)12-24)20(25)13-26-2/h3-10,18-19,21,24H,12-13H2,1-2H3/t18-,19+,21+/m1/s1. The largest absolute Gasteiger partial charge is 0.394 e. The van der Waals surface area contributed by atoms with Crippen molar-refractivity contribution < 1.29 is 14.6 Å². The Hall–Kier alpha value is -2.68. The lowest BCUT2D eigenvalue weighted by Crippen LogP contribution is -2.66. The van der Waals surface area contributed by atoms with Gasteiger partial charge in [0.25, 0.3) is 0 Å². The van der Waals surface area contributed by atoms with Crippen molar-refractivity contribution in [3.05, 3.63) is 59.7 Å². The van der Waals surface area contributed by atoms with E-state index in [2.05, 4.69) is 18.2 Å². The minimum absolute atomic E-state index is 0.0962. The predicted octanol–water partition coefficient (Wildman–Crippen LogP) is 2.49. The Balaban J connectivity index is 2.00. The van der Waals surface area contributed by atoms with E-state index in [9.17, 15) is 15.2 Å². The average molecular weight is 350 g/mol. The number of hydrogen-bond donors (Lipinski definition) is 1. The van der Waals surface area contributed by atoms with Gasteiger partial charge >= 0.3 is 0 Å². The lowest BCUT2D eigenvalue weighted by molar-refractivity contribution is -0.150. The fourth-order valence-corrected chi connectivity index (χ4v) is 3.70. The molecule has 3 atom stereocenters. The molecule has 1 N–H and O–H groups in total. The number of carbonyl (C=O) groups is 1. The quantitative estimate of drug-likeness (QED) is 0.899. The van der Waals surface area contributed by atoms with E-state index < -0.39 is 12.1 Å². The Morgan fingerprint density at radius 2 is 1.92 bits per heavy atom. The first-order chi connectivity index (χ1) is 12.6. The van der Waals surface area contributed by atoms with Crippen molar-refractivity contribution in [2.45, 2.75) is 24.9 Å². The third-order valence-corrected chi connectivity index (χ3v) is 4.97. The number of likely N-dealkylation sites (tertiary alicyclic amines) is 1. The zero-order chi connectivity index (χ0) is 18.7. The van der Waals surface area contributed by atoms with E-state index >= 15 is 0 Å². The highest BCUT2D eigenvalue weighted by atomic mass is 16.5. The number of aryl methyl sites for hydroxylation is 1. The molecule has 134 valence electrons. The van der Waals surface area contributed by atoms with Crippen LogP contribution in [0.4, 0.5) is 0 Å². The van der Waals surface area contributed by atoms with Gasteiger partial charge in [-0.2, -0.15) is 5.26 Å². The van der Waals surface area contributed by atoms with Crippen LogP contribution in [0.1, 0.15) is 17.0 Å². The van der Waals surface area contributed by atoms with Gasteiger partial charge in [0.1, 0.15) is 12.6 Å². The first-order valence-corrected chi connectivity index (χ1v) is 8.59. The van der Waals surface area contributed by atoms with E-state index in [0.29, 0.717) is 0 Å². The summed E-state index contributed by atoms with van der Waals surface area (Å²) in [5.74, 6) is -0.509. The van der Waals surface area contributed by atoms with Gasteiger partial charge in [0.2, 0.25) is 5.91 Å². The monoisotopic (exact) mass is 350 g/mol.